The Morgan fingerprint density at radius 1 is 1.50 bits per heavy atom. The van der Waals surface area contributed by atoms with Crippen LogP contribution in [0.2, 0.25) is 0 Å². The van der Waals surface area contributed by atoms with Gasteiger partial charge in [-0.05, 0) is 12.8 Å². The predicted molar refractivity (Wildman–Crippen MR) is 42.8 cm³/mol. The normalized spacial score (nSPS) is 27.9. The van der Waals surface area contributed by atoms with E-state index in [2.05, 4.69) is 16.9 Å². The molecule has 2 rings (SSSR count). The third-order valence-electron chi connectivity index (χ3n) is 2.27. The molecule has 54 valence electrons. The minimum Gasteiger partial charge on any atom is -0.270 e. The first-order valence-electron chi connectivity index (χ1n) is 3.89. The molecule has 0 aromatic rings. The van der Waals surface area contributed by atoms with Crippen LogP contribution in [-0.4, -0.2) is 18.6 Å². The van der Waals surface area contributed by atoms with E-state index < -0.39 is 0 Å². The van der Waals surface area contributed by atoms with Crippen molar-refractivity contribution in [1.82, 2.24) is 0 Å². The molecule has 0 unspecified atom stereocenters. The number of hydrogen-bond acceptors (Lipinski definition) is 2. The molecule has 0 aromatic heterocycles. The maximum atomic E-state index is 4.38. The summed E-state index contributed by atoms with van der Waals surface area (Å²) in [5, 5.41) is 0. The lowest BCUT2D eigenvalue weighted by atomic mass is 10.1. The molecule has 2 aliphatic rings. The summed E-state index contributed by atoms with van der Waals surface area (Å²) in [6, 6.07) is 0. The van der Waals surface area contributed by atoms with Crippen LogP contribution in [0.1, 0.15) is 26.2 Å². The fourth-order valence-corrected chi connectivity index (χ4v) is 1.18. The van der Waals surface area contributed by atoms with Crippen molar-refractivity contribution in [3.05, 3.63) is 0 Å². The molecule has 0 bridgehead atoms. The molecule has 0 N–H and O–H groups in total. The molecule has 2 nitrogen and oxygen atoms in total. The monoisotopic (exact) mass is 136 g/mol. The van der Waals surface area contributed by atoms with Gasteiger partial charge in [-0.1, -0.05) is 6.92 Å². The van der Waals surface area contributed by atoms with Crippen molar-refractivity contribution in [3.63, 3.8) is 0 Å². The van der Waals surface area contributed by atoms with Gasteiger partial charge >= 0.3 is 0 Å². The van der Waals surface area contributed by atoms with Crippen LogP contribution in [0.5, 0.6) is 0 Å². The molecule has 1 aliphatic heterocycles. The minimum absolute atomic E-state index is 0.372. The first-order chi connectivity index (χ1) is 4.81. The van der Waals surface area contributed by atoms with Crippen LogP contribution in [0.3, 0.4) is 0 Å². The predicted octanol–water partition coefficient (Wildman–Crippen LogP) is 1.66. The third-order valence-corrected chi connectivity index (χ3v) is 2.27. The summed E-state index contributed by atoms with van der Waals surface area (Å²) in [7, 11) is 0. The molecule has 0 spiro atoms. The molecule has 0 aromatic carbocycles. The lowest BCUT2D eigenvalue weighted by Crippen LogP contribution is -2.13. The highest BCUT2D eigenvalue weighted by atomic mass is 15.0. The molecule has 1 saturated carbocycles. The van der Waals surface area contributed by atoms with Crippen molar-refractivity contribution in [3.8, 4) is 0 Å². The number of hydrogen-bond donors (Lipinski definition) is 0. The van der Waals surface area contributed by atoms with E-state index in [1.54, 1.807) is 0 Å². The smallest absolute Gasteiger partial charge is 0.128 e. The molecule has 0 radical (unpaired) electrons. The van der Waals surface area contributed by atoms with Gasteiger partial charge in [0, 0.05) is 24.6 Å². The Morgan fingerprint density at radius 2 is 2.30 bits per heavy atom. The Labute approximate surface area is 61.1 Å². The van der Waals surface area contributed by atoms with Crippen LogP contribution < -0.4 is 0 Å². The lowest BCUT2D eigenvalue weighted by molar-refractivity contribution is 0.777. The second-order valence-corrected chi connectivity index (χ2v) is 3.37. The number of amidine groups is 1. The van der Waals surface area contributed by atoms with Crippen LogP contribution in [0.25, 0.3) is 0 Å². The van der Waals surface area contributed by atoms with Crippen molar-refractivity contribution in [2.75, 3.05) is 6.54 Å². The van der Waals surface area contributed by atoms with E-state index >= 15 is 0 Å². The first kappa shape index (κ1) is 6.08. The summed E-state index contributed by atoms with van der Waals surface area (Å²) in [5.41, 5.74) is 0.372. The summed E-state index contributed by atoms with van der Waals surface area (Å²) in [4.78, 5) is 8.67. The van der Waals surface area contributed by atoms with E-state index in [4.69, 9.17) is 0 Å². The Kier molecular flexibility index (Phi) is 1.16. The van der Waals surface area contributed by atoms with Crippen molar-refractivity contribution in [2.45, 2.75) is 26.2 Å². The summed E-state index contributed by atoms with van der Waals surface area (Å²) in [6.45, 7) is 3.20. The highest BCUT2D eigenvalue weighted by Crippen LogP contribution is 2.46. The summed E-state index contributed by atoms with van der Waals surface area (Å²) in [5.74, 6) is 1.10. The van der Waals surface area contributed by atoms with Crippen LogP contribution in [0, 0.1) is 5.41 Å². The second-order valence-electron chi connectivity index (χ2n) is 3.37. The SMILES string of the molecule is CC1(C2=NCCC=N2)CC1. The average Bonchev–Trinajstić information content (AvgIpc) is 2.72. The molecular formula is C8H12N2. The molecule has 0 amide bonds. The highest BCUT2D eigenvalue weighted by Gasteiger charge is 2.42. The average molecular weight is 136 g/mol. The van der Waals surface area contributed by atoms with E-state index in [9.17, 15) is 0 Å². The fourth-order valence-electron chi connectivity index (χ4n) is 1.18. The Bertz CT molecular complexity index is 199. The van der Waals surface area contributed by atoms with Gasteiger partial charge in [-0.25, -0.2) is 4.99 Å². The standard InChI is InChI=1S/C8H12N2/c1-8(3-4-8)7-9-5-2-6-10-7/h5H,2-4,6H2,1H3. The molecular weight excluding hydrogens is 124 g/mol. The van der Waals surface area contributed by atoms with Gasteiger partial charge in [-0.2, -0.15) is 0 Å². The zero-order valence-electron chi connectivity index (χ0n) is 6.30. The Balaban J connectivity index is 2.17. The first-order valence-corrected chi connectivity index (χ1v) is 3.89. The van der Waals surface area contributed by atoms with Crippen molar-refractivity contribution in [1.29, 1.82) is 0 Å². The van der Waals surface area contributed by atoms with Crippen LogP contribution >= 0.6 is 0 Å². The maximum Gasteiger partial charge on any atom is 0.128 e. The van der Waals surface area contributed by atoms with E-state index in [0.717, 1.165) is 18.8 Å². The zero-order valence-corrected chi connectivity index (χ0v) is 6.30. The van der Waals surface area contributed by atoms with Crippen molar-refractivity contribution in [2.24, 2.45) is 15.4 Å². The van der Waals surface area contributed by atoms with Gasteiger partial charge in [0.25, 0.3) is 0 Å². The Hall–Kier alpha value is -0.660. The van der Waals surface area contributed by atoms with E-state index in [1.807, 2.05) is 6.21 Å². The maximum absolute atomic E-state index is 4.38. The molecule has 1 fully saturated rings. The van der Waals surface area contributed by atoms with Gasteiger partial charge in [-0.3, -0.25) is 4.99 Å². The molecule has 1 heterocycles. The fraction of sp³-hybridized carbons (Fsp3) is 0.750. The lowest BCUT2D eigenvalue weighted by Gasteiger charge is -2.10. The number of rotatable bonds is 1. The van der Waals surface area contributed by atoms with E-state index in [-0.39, 0.29) is 0 Å². The van der Waals surface area contributed by atoms with Crippen LogP contribution in [0.4, 0.5) is 0 Å². The van der Waals surface area contributed by atoms with Gasteiger partial charge in [0.05, 0.1) is 0 Å². The summed E-state index contributed by atoms with van der Waals surface area (Å²) in [6.07, 6.45) is 5.58. The largest absolute Gasteiger partial charge is 0.270 e. The zero-order chi connectivity index (χ0) is 7.03. The van der Waals surface area contributed by atoms with Gasteiger partial charge in [0.15, 0.2) is 0 Å². The number of nitrogens with zero attached hydrogens (tertiary/aromatic N) is 2. The molecule has 0 saturated heterocycles. The van der Waals surface area contributed by atoms with Gasteiger partial charge < -0.3 is 0 Å². The van der Waals surface area contributed by atoms with Gasteiger partial charge in [0.1, 0.15) is 5.84 Å². The highest BCUT2D eigenvalue weighted by molar-refractivity contribution is 5.96. The summed E-state index contributed by atoms with van der Waals surface area (Å²) < 4.78 is 0. The second kappa shape index (κ2) is 1.91. The quantitative estimate of drug-likeness (QED) is 0.523. The van der Waals surface area contributed by atoms with Crippen LogP contribution in [-0.2, 0) is 0 Å². The molecule has 0 atom stereocenters. The molecule has 10 heavy (non-hydrogen) atoms. The Morgan fingerprint density at radius 3 is 2.80 bits per heavy atom. The van der Waals surface area contributed by atoms with E-state index in [0.29, 0.717) is 5.41 Å². The van der Waals surface area contributed by atoms with E-state index in [1.165, 1.54) is 12.8 Å². The molecule has 1 aliphatic carbocycles. The van der Waals surface area contributed by atoms with Gasteiger partial charge in [-0.15, -0.1) is 0 Å². The van der Waals surface area contributed by atoms with Crippen LogP contribution in [0.15, 0.2) is 9.98 Å². The van der Waals surface area contributed by atoms with Crippen molar-refractivity contribution < 1.29 is 0 Å². The minimum atomic E-state index is 0.372. The number of aliphatic imine (C=N–C) groups is 2. The van der Waals surface area contributed by atoms with Crippen molar-refractivity contribution >= 4 is 12.1 Å². The molecule has 2 heteroatoms. The third kappa shape index (κ3) is 0.877. The topological polar surface area (TPSA) is 24.7 Å². The summed E-state index contributed by atoms with van der Waals surface area (Å²) >= 11 is 0. The van der Waals surface area contributed by atoms with Gasteiger partial charge in [0.2, 0.25) is 0 Å².